The molecule has 2 aliphatic heterocycles. The molecule has 0 bridgehead atoms. The van der Waals surface area contributed by atoms with Gasteiger partial charge in [0, 0.05) is 24.7 Å². The molecular weight excluding hydrogens is 340 g/mol. The molecule has 5 nitrogen and oxygen atoms in total. The summed E-state index contributed by atoms with van der Waals surface area (Å²) in [6.45, 7) is 4.33. The van der Waals surface area contributed by atoms with Crippen molar-refractivity contribution < 1.29 is 14.3 Å². The molecule has 2 unspecified atom stereocenters. The first-order valence-corrected chi connectivity index (χ1v) is 9.44. The molecule has 1 saturated heterocycles. The fourth-order valence-corrected chi connectivity index (χ4v) is 3.76. The summed E-state index contributed by atoms with van der Waals surface area (Å²) in [5.74, 6) is 0.651. The van der Waals surface area contributed by atoms with Gasteiger partial charge in [-0.2, -0.15) is 0 Å². The van der Waals surface area contributed by atoms with Crippen molar-refractivity contribution in [2.45, 2.75) is 32.6 Å². The predicted molar refractivity (Wildman–Crippen MR) is 96.7 cm³/mol. The van der Waals surface area contributed by atoms with Crippen molar-refractivity contribution in [3.63, 3.8) is 0 Å². The summed E-state index contributed by atoms with van der Waals surface area (Å²) in [5.41, 5.74) is 0.978. The van der Waals surface area contributed by atoms with Crippen molar-refractivity contribution in [2.75, 3.05) is 26.2 Å². The van der Waals surface area contributed by atoms with Crippen LogP contribution in [0, 0.1) is 11.8 Å². The SMILES string of the molecule is CCCNC(=O)C1CCCN(C(=O)C2COc3ccc(Cl)cc3C2)C1. The third-order valence-corrected chi connectivity index (χ3v) is 5.17. The van der Waals surface area contributed by atoms with Crippen LogP contribution >= 0.6 is 11.6 Å². The van der Waals surface area contributed by atoms with Gasteiger partial charge in [-0.25, -0.2) is 0 Å². The summed E-state index contributed by atoms with van der Waals surface area (Å²) < 4.78 is 5.75. The van der Waals surface area contributed by atoms with Gasteiger partial charge in [-0.3, -0.25) is 9.59 Å². The quantitative estimate of drug-likeness (QED) is 0.893. The van der Waals surface area contributed by atoms with Crippen LogP contribution in [0.15, 0.2) is 18.2 Å². The van der Waals surface area contributed by atoms with Crippen LogP contribution < -0.4 is 10.1 Å². The minimum absolute atomic E-state index is 0.0661. The Labute approximate surface area is 153 Å². The van der Waals surface area contributed by atoms with Crippen LogP contribution in [-0.2, 0) is 16.0 Å². The lowest BCUT2D eigenvalue weighted by molar-refractivity contribution is -0.140. The highest BCUT2D eigenvalue weighted by Crippen LogP contribution is 2.31. The van der Waals surface area contributed by atoms with Crippen LogP contribution in [0.1, 0.15) is 31.7 Å². The molecule has 0 radical (unpaired) electrons. The summed E-state index contributed by atoms with van der Waals surface area (Å²) in [5, 5.41) is 3.60. The van der Waals surface area contributed by atoms with Gasteiger partial charge in [-0.05, 0) is 49.4 Å². The van der Waals surface area contributed by atoms with Gasteiger partial charge in [0.05, 0.1) is 11.8 Å². The maximum Gasteiger partial charge on any atom is 0.229 e. The number of rotatable bonds is 4. The summed E-state index contributed by atoms with van der Waals surface area (Å²) in [6, 6.07) is 5.52. The van der Waals surface area contributed by atoms with Crippen molar-refractivity contribution >= 4 is 23.4 Å². The second-order valence-electron chi connectivity index (χ2n) is 6.88. The number of halogens is 1. The lowest BCUT2D eigenvalue weighted by atomic mass is 9.92. The number of amides is 2. The Balaban J connectivity index is 1.62. The van der Waals surface area contributed by atoms with E-state index in [1.807, 2.05) is 24.0 Å². The van der Waals surface area contributed by atoms with E-state index in [0.29, 0.717) is 31.1 Å². The Morgan fingerprint density at radius 2 is 2.20 bits per heavy atom. The van der Waals surface area contributed by atoms with Crippen molar-refractivity contribution in [1.29, 1.82) is 0 Å². The number of fused-ring (bicyclic) bond motifs is 1. The number of nitrogens with zero attached hydrogens (tertiary/aromatic N) is 1. The summed E-state index contributed by atoms with van der Waals surface area (Å²) in [4.78, 5) is 27.0. The minimum Gasteiger partial charge on any atom is -0.492 e. The monoisotopic (exact) mass is 364 g/mol. The number of ether oxygens (including phenoxy) is 1. The number of likely N-dealkylation sites (tertiary alicyclic amines) is 1. The smallest absolute Gasteiger partial charge is 0.229 e. The van der Waals surface area contributed by atoms with Crippen LogP contribution in [0.25, 0.3) is 0 Å². The normalized spacial score (nSPS) is 22.7. The largest absolute Gasteiger partial charge is 0.492 e. The van der Waals surface area contributed by atoms with Gasteiger partial charge in [-0.1, -0.05) is 18.5 Å². The molecule has 6 heteroatoms. The summed E-state index contributed by atoms with van der Waals surface area (Å²) in [7, 11) is 0. The zero-order chi connectivity index (χ0) is 17.8. The molecule has 1 aromatic carbocycles. The molecule has 136 valence electrons. The topological polar surface area (TPSA) is 58.6 Å². The van der Waals surface area contributed by atoms with Crippen molar-refractivity contribution in [1.82, 2.24) is 10.2 Å². The molecule has 1 fully saturated rings. The van der Waals surface area contributed by atoms with E-state index in [1.54, 1.807) is 6.07 Å². The molecule has 2 aliphatic rings. The number of hydrogen-bond donors (Lipinski definition) is 1. The first-order valence-electron chi connectivity index (χ1n) is 9.06. The van der Waals surface area contributed by atoms with Crippen LogP contribution in [0.5, 0.6) is 5.75 Å². The van der Waals surface area contributed by atoms with E-state index in [4.69, 9.17) is 16.3 Å². The van der Waals surface area contributed by atoms with Gasteiger partial charge in [0.2, 0.25) is 11.8 Å². The van der Waals surface area contributed by atoms with Crippen molar-refractivity contribution in [3.8, 4) is 5.75 Å². The van der Waals surface area contributed by atoms with Gasteiger partial charge in [0.1, 0.15) is 12.4 Å². The zero-order valence-electron chi connectivity index (χ0n) is 14.6. The highest BCUT2D eigenvalue weighted by Gasteiger charge is 2.34. The highest BCUT2D eigenvalue weighted by molar-refractivity contribution is 6.30. The molecule has 25 heavy (non-hydrogen) atoms. The van der Waals surface area contributed by atoms with Gasteiger partial charge in [0.25, 0.3) is 0 Å². The van der Waals surface area contributed by atoms with E-state index >= 15 is 0 Å². The molecule has 3 rings (SSSR count). The lowest BCUT2D eigenvalue weighted by Gasteiger charge is -2.35. The Hall–Kier alpha value is -1.75. The Kier molecular flexibility index (Phi) is 5.84. The molecule has 0 aliphatic carbocycles. The molecular formula is C19H25ClN2O3. The van der Waals surface area contributed by atoms with Crippen molar-refractivity contribution in [3.05, 3.63) is 28.8 Å². The van der Waals surface area contributed by atoms with E-state index in [1.165, 1.54) is 0 Å². The molecule has 0 aromatic heterocycles. The zero-order valence-corrected chi connectivity index (χ0v) is 15.3. The Morgan fingerprint density at radius 3 is 3.00 bits per heavy atom. The van der Waals surface area contributed by atoms with Crippen LogP contribution in [0.3, 0.4) is 0 Å². The van der Waals surface area contributed by atoms with Gasteiger partial charge in [-0.15, -0.1) is 0 Å². The predicted octanol–water partition coefficient (Wildman–Crippen LogP) is 2.66. The molecule has 2 heterocycles. The molecule has 1 N–H and O–H groups in total. The number of hydrogen-bond acceptors (Lipinski definition) is 3. The van der Waals surface area contributed by atoms with E-state index in [2.05, 4.69) is 5.32 Å². The van der Waals surface area contributed by atoms with E-state index in [9.17, 15) is 9.59 Å². The third kappa shape index (κ3) is 4.27. The Morgan fingerprint density at radius 1 is 1.36 bits per heavy atom. The average Bonchev–Trinajstić information content (AvgIpc) is 2.65. The van der Waals surface area contributed by atoms with Crippen LogP contribution in [-0.4, -0.2) is 43.0 Å². The van der Waals surface area contributed by atoms with Gasteiger partial charge < -0.3 is 15.0 Å². The van der Waals surface area contributed by atoms with Gasteiger partial charge in [0.15, 0.2) is 0 Å². The summed E-state index contributed by atoms with van der Waals surface area (Å²) >= 11 is 6.05. The van der Waals surface area contributed by atoms with E-state index < -0.39 is 0 Å². The van der Waals surface area contributed by atoms with E-state index in [-0.39, 0.29) is 23.7 Å². The molecule has 2 atom stereocenters. The van der Waals surface area contributed by atoms with Crippen LogP contribution in [0.2, 0.25) is 5.02 Å². The fraction of sp³-hybridized carbons (Fsp3) is 0.579. The standard InChI is InChI=1S/C19H25ClN2O3/c1-2-7-21-18(23)13-4-3-8-22(11-13)19(24)15-9-14-10-16(20)5-6-17(14)25-12-15/h5-6,10,13,15H,2-4,7-9,11-12H2,1H3,(H,21,23). The number of nitrogens with one attached hydrogen (secondary N) is 1. The first-order chi connectivity index (χ1) is 12.1. The number of piperidine rings is 1. The number of benzene rings is 1. The minimum atomic E-state index is -0.205. The lowest BCUT2D eigenvalue weighted by Crippen LogP contribution is -2.49. The first kappa shape index (κ1) is 18.1. The van der Waals surface area contributed by atoms with E-state index in [0.717, 1.165) is 37.1 Å². The fourth-order valence-electron chi connectivity index (χ4n) is 3.56. The maximum absolute atomic E-state index is 12.9. The van der Waals surface area contributed by atoms with Gasteiger partial charge >= 0.3 is 0 Å². The van der Waals surface area contributed by atoms with Crippen molar-refractivity contribution in [2.24, 2.45) is 11.8 Å². The second-order valence-corrected chi connectivity index (χ2v) is 7.31. The molecule has 1 aromatic rings. The molecule has 0 saturated carbocycles. The van der Waals surface area contributed by atoms with Crippen LogP contribution in [0.4, 0.5) is 0 Å². The molecule has 0 spiro atoms. The third-order valence-electron chi connectivity index (χ3n) is 4.93. The number of carbonyl (C=O) groups is 2. The second kappa shape index (κ2) is 8.09. The number of carbonyl (C=O) groups excluding carboxylic acids is 2. The maximum atomic E-state index is 12.9. The average molecular weight is 365 g/mol. The summed E-state index contributed by atoms with van der Waals surface area (Å²) in [6.07, 6.45) is 3.27. The Bertz CT molecular complexity index is 650. The molecule has 2 amide bonds. The highest BCUT2D eigenvalue weighted by atomic mass is 35.5.